The summed E-state index contributed by atoms with van der Waals surface area (Å²) < 4.78 is 27.1. The van der Waals surface area contributed by atoms with Gasteiger partial charge in [0.2, 0.25) is 10.0 Å². The third-order valence-corrected chi connectivity index (χ3v) is 7.91. The number of rotatable bonds is 8. The van der Waals surface area contributed by atoms with E-state index >= 15 is 0 Å². The van der Waals surface area contributed by atoms with Crippen LogP contribution in [0, 0.1) is 0 Å². The van der Waals surface area contributed by atoms with Crippen LogP contribution in [0.25, 0.3) is 0 Å². The SMILES string of the molecule is CCN1CCCC1CN(CCS(=O)(=O)N1CCNCC1)C(=O)c1ccc(Cl)cc1. The van der Waals surface area contributed by atoms with Crippen molar-refractivity contribution in [3.63, 3.8) is 0 Å². The number of amides is 1. The second kappa shape index (κ2) is 10.2. The summed E-state index contributed by atoms with van der Waals surface area (Å²) in [6.45, 7) is 7.14. The minimum Gasteiger partial charge on any atom is -0.336 e. The van der Waals surface area contributed by atoms with Crippen LogP contribution in [0.1, 0.15) is 30.1 Å². The fraction of sp³-hybridized carbons (Fsp3) is 0.650. The molecule has 1 aromatic rings. The molecule has 0 radical (unpaired) electrons. The quantitative estimate of drug-likeness (QED) is 0.660. The van der Waals surface area contributed by atoms with Gasteiger partial charge in [-0.3, -0.25) is 9.69 Å². The van der Waals surface area contributed by atoms with Crippen molar-refractivity contribution in [3.8, 4) is 0 Å². The van der Waals surface area contributed by atoms with Crippen LogP contribution in [-0.2, 0) is 10.0 Å². The van der Waals surface area contributed by atoms with E-state index in [4.69, 9.17) is 11.6 Å². The summed E-state index contributed by atoms with van der Waals surface area (Å²) >= 11 is 5.96. The maximum absolute atomic E-state index is 13.2. The number of likely N-dealkylation sites (tertiary alicyclic amines) is 1. The molecule has 2 saturated heterocycles. The minimum atomic E-state index is -3.39. The van der Waals surface area contributed by atoms with Crippen LogP contribution < -0.4 is 5.32 Å². The Morgan fingerprint density at radius 3 is 2.55 bits per heavy atom. The predicted octanol–water partition coefficient (Wildman–Crippen LogP) is 1.50. The molecule has 0 spiro atoms. The van der Waals surface area contributed by atoms with Gasteiger partial charge in [-0.25, -0.2) is 8.42 Å². The lowest BCUT2D eigenvalue weighted by Crippen LogP contribution is -2.49. The van der Waals surface area contributed by atoms with Gasteiger partial charge in [-0.15, -0.1) is 0 Å². The van der Waals surface area contributed by atoms with Crippen LogP contribution in [0.4, 0.5) is 0 Å². The van der Waals surface area contributed by atoms with Crippen LogP contribution >= 0.6 is 11.6 Å². The van der Waals surface area contributed by atoms with Gasteiger partial charge in [-0.05, 0) is 50.2 Å². The summed E-state index contributed by atoms with van der Waals surface area (Å²) in [5.74, 6) is -0.189. The number of carbonyl (C=O) groups is 1. The van der Waals surface area contributed by atoms with Crippen molar-refractivity contribution in [1.82, 2.24) is 19.4 Å². The molecular formula is C20H31ClN4O3S. The van der Waals surface area contributed by atoms with Gasteiger partial charge in [0.25, 0.3) is 5.91 Å². The molecule has 162 valence electrons. The summed E-state index contributed by atoms with van der Waals surface area (Å²) in [6.07, 6.45) is 2.14. The van der Waals surface area contributed by atoms with Crippen molar-refractivity contribution in [2.45, 2.75) is 25.8 Å². The van der Waals surface area contributed by atoms with Crippen molar-refractivity contribution < 1.29 is 13.2 Å². The first kappa shape index (κ1) is 22.5. The van der Waals surface area contributed by atoms with E-state index in [1.165, 1.54) is 4.31 Å². The van der Waals surface area contributed by atoms with Crippen LogP contribution in [0.2, 0.25) is 5.02 Å². The summed E-state index contributed by atoms with van der Waals surface area (Å²) in [5, 5.41) is 3.74. The number of piperazine rings is 1. The fourth-order valence-electron chi connectivity index (χ4n) is 4.10. The number of carbonyl (C=O) groups excluding carboxylic acids is 1. The van der Waals surface area contributed by atoms with Crippen LogP contribution in [0.5, 0.6) is 0 Å². The lowest BCUT2D eigenvalue weighted by molar-refractivity contribution is 0.0718. The predicted molar refractivity (Wildman–Crippen MR) is 116 cm³/mol. The third-order valence-electron chi connectivity index (χ3n) is 5.80. The second-order valence-corrected chi connectivity index (χ2v) is 10.2. The summed E-state index contributed by atoms with van der Waals surface area (Å²) in [6, 6.07) is 7.07. The molecule has 3 rings (SSSR count). The van der Waals surface area contributed by atoms with Crippen molar-refractivity contribution >= 4 is 27.5 Å². The average Bonchev–Trinajstić information content (AvgIpc) is 3.19. The Balaban J connectivity index is 1.72. The fourth-order valence-corrected chi connectivity index (χ4v) is 5.67. The van der Waals surface area contributed by atoms with Gasteiger partial charge in [0.1, 0.15) is 0 Å². The molecule has 2 aliphatic rings. The highest BCUT2D eigenvalue weighted by Gasteiger charge is 2.30. The van der Waals surface area contributed by atoms with Gasteiger partial charge >= 0.3 is 0 Å². The number of sulfonamides is 1. The Labute approximate surface area is 179 Å². The second-order valence-electron chi connectivity index (χ2n) is 7.65. The zero-order chi connectivity index (χ0) is 20.9. The van der Waals surface area contributed by atoms with Crippen LogP contribution in [0.3, 0.4) is 0 Å². The first-order valence-electron chi connectivity index (χ1n) is 10.4. The number of benzene rings is 1. The number of nitrogens with zero attached hydrogens (tertiary/aromatic N) is 3. The van der Waals surface area contributed by atoms with Crippen molar-refractivity contribution in [3.05, 3.63) is 34.9 Å². The monoisotopic (exact) mass is 442 g/mol. The Morgan fingerprint density at radius 2 is 1.90 bits per heavy atom. The molecule has 29 heavy (non-hydrogen) atoms. The molecule has 2 heterocycles. The maximum Gasteiger partial charge on any atom is 0.253 e. The molecule has 0 bridgehead atoms. The van der Waals surface area contributed by atoms with Crippen LogP contribution in [-0.4, -0.2) is 92.6 Å². The van der Waals surface area contributed by atoms with E-state index in [2.05, 4.69) is 17.1 Å². The largest absolute Gasteiger partial charge is 0.336 e. The van der Waals surface area contributed by atoms with Gasteiger partial charge in [-0.1, -0.05) is 18.5 Å². The first-order valence-corrected chi connectivity index (χ1v) is 12.4. The molecule has 7 nitrogen and oxygen atoms in total. The van der Waals surface area contributed by atoms with E-state index < -0.39 is 10.0 Å². The Hall–Kier alpha value is -1.19. The maximum atomic E-state index is 13.2. The smallest absolute Gasteiger partial charge is 0.253 e. The average molecular weight is 443 g/mol. The number of hydrogen-bond acceptors (Lipinski definition) is 5. The molecule has 2 fully saturated rings. The van der Waals surface area contributed by atoms with Gasteiger partial charge in [0, 0.05) is 55.9 Å². The van der Waals surface area contributed by atoms with Crippen molar-refractivity contribution in [1.29, 1.82) is 0 Å². The molecular weight excluding hydrogens is 412 g/mol. The Morgan fingerprint density at radius 1 is 1.21 bits per heavy atom. The summed E-state index contributed by atoms with van der Waals surface area (Å²) in [5.41, 5.74) is 0.537. The molecule has 2 aliphatic heterocycles. The van der Waals surface area contributed by atoms with Crippen LogP contribution in [0.15, 0.2) is 24.3 Å². The van der Waals surface area contributed by atoms with E-state index in [1.54, 1.807) is 29.2 Å². The molecule has 0 aromatic heterocycles. The summed E-state index contributed by atoms with van der Waals surface area (Å²) in [7, 11) is -3.39. The first-order chi connectivity index (χ1) is 13.9. The number of halogens is 1. The zero-order valence-electron chi connectivity index (χ0n) is 17.0. The topological polar surface area (TPSA) is 73.0 Å². The summed E-state index contributed by atoms with van der Waals surface area (Å²) in [4.78, 5) is 17.3. The Kier molecular flexibility index (Phi) is 7.92. The highest BCUT2D eigenvalue weighted by molar-refractivity contribution is 7.89. The van der Waals surface area contributed by atoms with E-state index in [0.717, 1.165) is 25.9 Å². The van der Waals surface area contributed by atoms with E-state index in [-0.39, 0.29) is 24.2 Å². The number of likely N-dealkylation sites (N-methyl/N-ethyl adjacent to an activating group) is 1. The van der Waals surface area contributed by atoms with Gasteiger partial charge in [0.15, 0.2) is 0 Å². The molecule has 1 unspecified atom stereocenters. The zero-order valence-corrected chi connectivity index (χ0v) is 18.6. The Bertz CT molecular complexity index is 781. The molecule has 1 aromatic carbocycles. The lowest BCUT2D eigenvalue weighted by atomic mass is 10.1. The molecule has 0 aliphatic carbocycles. The highest BCUT2D eigenvalue weighted by Crippen LogP contribution is 2.20. The van der Waals surface area contributed by atoms with Gasteiger partial charge in [0.05, 0.1) is 5.75 Å². The number of hydrogen-bond donors (Lipinski definition) is 1. The highest BCUT2D eigenvalue weighted by atomic mass is 35.5. The standard InChI is InChI=1S/C20H31ClN4O3S/c1-2-23-11-3-4-19(23)16-24(20(26)17-5-7-18(21)8-6-17)14-15-29(27,28)25-12-9-22-10-13-25/h5-8,19,22H,2-4,9-16H2,1H3. The molecule has 1 amide bonds. The third kappa shape index (κ3) is 5.92. The van der Waals surface area contributed by atoms with E-state index in [0.29, 0.717) is 43.3 Å². The van der Waals surface area contributed by atoms with Crippen molar-refractivity contribution in [2.24, 2.45) is 0 Å². The minimum absolute atomic E-state index is 0.0504. The van der Waals surface area contributed by atoms with E-state index in [9.17, 15) is 13.2 Å². The molecule has 1 N–H and O–H groups in total. The lowest BCUT2D eigenvalue weighted by Gasteiger charge is -2.32. The van der Waals surface area contributed by atoms with Gasteiger partial charge < -0.3 is 10.2 Å². The number of nitrogens with one attached hydrogen (secondary N) is 1. The van der Waals surface area contributed by atoms with Gasteiger partial charge in [-0.2, -0.15) is 4.31 Å². The molecule has 0 saturated carbocycles. The molecule has 1 atom stereocenters. The molecule has 9 heteroatoms. The van der Waals surface area contributed by atoms with E-state index in [1.807, 2.05) is 0 Å². The van der Waals surface area contributed by atoms with Crippen molar-refractivity contribution in [2.75, 3.05) is 58.1 Å². The normalized spacial score (nSPS) is 21.4.